The summed E-state index contributed by atoms with van der Waals surface area (Å²) in [7, 11) is 0. The Balaban J connectivity index is 1.91. The highest BCUT2D eigenvalue weighted by Crippen LogP contribution is 2.42. The molecule has 0 spiro atoms. The van der Waals surface area contributed by atoms with E-state index in [1.165, 1.54) is 12.1 Å². The van der Waals surface area contributed by atoms with Crippen LogP contribution in [-0.4, -0.2) is 45.1 Å². The largest absolute Gasteiger partial charge is 0.452 e. The molecule has 4 atom stereocenters. The van der Waals surface area contributed by atoms with Gasteiger partial charge in [-0.25, -0.2) is 14.0 Å². The fraction of sp³-hybridized carbons (Fsp3) is 0.353. The number of aliphatic hydroxyl groups is 1. The predicted molar refractivity (Wildman–Crippen MR) is 87.5 cm³/mol. The molecular weight excluding hydrogens is 347 g/mol. The maximum atomic E-state index is 15.5. The summed E-state index contributed by atoms with van der Waals surface area (Å²) in [5, 5.41) is 9.50. The van der Waals surface area contributed by atoms with Crippen molar-refractivity contribution in [2.45, 2.75) is 31.0 Å². The summed E-state index contributed by atoms with van der Waals surface area (Å²) in [5.74, 6) is -0.781. The number of hydrogen-bond acceptors (Lipinski definition) is 6. The van der Waals surface area contributed by atoms with Gasteiger partial charge in [0.1, 0.15) is 6.10 Å². The molecule has 3 rings (SSSR count). The van der Waals surface area contributed by atoms with Crippen LogP contribution in [-0.2, 0) is 9.47 Å². The molecule has 26 heavy (non-hydrogen) atoms. The molecule has 138 valence electrons. The van der Waals surface area contributed by atoms with E-state index in [0.29, 0.717) is 0 Å². The van der Waals surface area contributed by atoms with Crippen LogP contribution in [0.25, 0.3) is 0 Å². The minimum absolute atomic E-state index is 0.213. The number of nitrogens with zero attached hydrogens (tertiary/aromatic N) is 1. The highest BCUT2D eigenvalue weighted by Gasteiger charge is 2.58. The number of H-pyrrole nitrogens is 1. The molecule has 1 fully saturated rings. The van der Waals surface area contributed by atoms with Crippen molar-refractivity contribution in [3.05, 3.63) is 69.0 Å². The summed E-state index contributed by atoms with van der Waals surface area (Å²) in [5.41, 5.74) is -3.64. The Morgan fingerprint density at radius 3 is 2.65 bits per heavy atom. The van der Waals surface area contributed by atoms with Crippen LogP contribution in [0.15, 0.2) is 52.2 Å². The van der Waals surface area contributed by atoms with E-state index in [1.807, 2.05) is 4.98 Å². The number of carbonyl (C=O) groups excluding carboxylic acids is 1. The Bertz CT molecular complexity index is 907. The maximum Gasteiger partial charge on any atom is 0.338 e. The zero-order chi connectivity index (χ0) is 18.9. The van der Waals surface area contributed by atoms with Gasteiger partial charge in [-0.15, -0.1) is 0 Å². The number of nitrogens with one attached hydrogen (secondary N) is 1. The van der Waals surface area contributed by atoms with Crippen LogP contribution >= 0.6 is 0 Å². The van der Waals surface area contributed by atoms with Gasteiger partial charge in [-0.3, -0.25) is 14.3 Å². The lowest BCUT2D eigenvalue weighted by molar-refractivity contribution is -0.0612. The van der Waals surface area contributed by atoms with E-state index in [9.17, 15) is 19.5 Å². The second-order valence-corrected chi connectivity index (χ2v) is 6.07. The van der Waals surface area contributed by atoms with E-state index in [0.717, 1.165) is 23.8 Å². The van der Waals surface area contributed by atoms with Crippen molar-refractivity contribution in [3.8, 4) is 0 Å². The minimum Gasteiger partial charge on any atom is -0.452 e. The first-order valence-corrected chi connectivity index (χ1v) is 7.87. The van der Waals surface area contributed by atoms with Gasteiger partial charge in [0.25, 0.3) is 5.56 Å². The van der Waals surface area contributed by atoms with Crippen molar-refractivity contribution < 1.29 is 23.8 Å². The van der Waals surface area contributed by atoms with Gasteiger partial charge in [-0.1, -0.05) is 18.2 Å². The summed E-state index contributed by atoms with van der Waals surface area (Å²) in [6.07, 6.45) is -3.04. The van der Waals surface area contributed by atoms with E-state index in [1.54, 1.807) is 18.2 Å². The number of rotatable bonds is 4. The van der Waals surface area contributed by atoms with Crippen LogP contribution in [0.3, 0.4) is 0 Å². The fourth-order valence-electron chi connectivity index (χ4n) is 2.91. The Morgan fingerprint density at radius 2 is 2.04 bits per heavy atom. The number of carbonyl (C=O) groups is 1. The molecule has 9 heteroatoms. The van der Waals surface area contributed by atoms with Crippen LogP contribution in [0, 0.1) is 0 Å². The Labute approximate surface area is 146 Å². The second-order valence-electron chi connectivity index (χ2n) is 6.07. The van der Waals surface area contributed by atoms with Crippen molar-refractivity contribution in [2.75, 3.05) is 6.61 Å². The van der Waals surface area contributed by atoms with Gasteiger partial charge in [0.2, 0.25) is 0 Å². The number of aliphatic hydroxyl groups excluding tert-OH is 1. The summed E-state index contributed by atoms with van der Waals surface area (Å²) < 4.78 is 27.0. The third kappa shape index (κ3) is 3.18. The number of ether oxygens (including phenoxy) is 2. The number of benzene rings is 1. The first kappa shape index (κ1) is 18.0. The van der Waals surface area contributed by atoms with Crippen molar-refractivity contribution >= 4 is 5.97 Å². The lowest BCUT2D eigenvalue weighted by atomic mass is 9.98. The molecule has 4 unspecified atom stereocenters. The topological polar surface area (TPSA) is 111 Å². The van der Waals surface area contributed by atoms with Gasteiger partial charge in [0.15, 0.2) is 18.0 Å². The van der Waals surface area contributed by atoms with Crippen LogP contribution in [0.2, 0.25) is 0 Å². The fourth-order valence-corrected chi connectivity index (χ4v) is 2.91. The average Bonchev–Trinajstić information content (AvgIpc) is 2.86. The minimum atomic E-state index is -2.33. The van der Waals surface area contributed by atoms with Gasteiger partial charge in [0, 0.05) is 12.3 Å². The Hall–Kier alpha value is -2.78. The SMILES string of the molecule is CC1(F)C(OC(=O)c2ccccc2)C(CO)OC1n1ccc(=O)[nH]c1=O. The van der Waals surface area contributed by atoms with Crippen molar-refractivity contribution in [1.82, 2.24) is 9.55 Å². The van der Waals surface area contributed by atoms with E-state index in [4.69, 9.17) is 9.47 Å². The van der Waals surface area contributed by atoms with E-state index in [2.05, 4.69) is 0 Å². The van der Waals surface area contributed by atoms with Crippen LogP contribution in [0.4, 0.5) is 4.39 Å². The van der Waals surface area contributed by atoms with Crippen molar-refractivity contribution in [3.63, 3.8) is 0 Å². The number of halogens is 1. The van der Waals surface area contributed by atoms with E-state index in [-0.39, 0.29) is 5.56 Å². The van der Waals surface area contributed by atoms with E-state index < -0.39 is 47.9 Å². The number of aromatic amines is 1. The third-order valence-electron chi connectivity index (χ3n) is 4.21. The van der Waals surface area contributed by atoms with Crippen molar-refractivity contribution in [1.29, 1.82) is 0 Å². The molecule has 2 heterocycles. The summed E-state index contributed by atoms with van der Waals surface area (Å²) in [6.45, 7) is 0.481. The molecule has 8 nitrogen and oxygen atoms in total. The molecule has 0 saturated carbocycles. The Kier molecular flexibility index (Phi) is 4.75. The molecule has 0 radical (unpaired) electrons. The number of hydrogen-bond donors (Lipinski definition) is 2. The molecule has 1 aliphatic heterocycles. The zero-order valence-corrected chi connectivity index (χ0v) is 13.8. The molecule has 2 aromatic rings. The summed E-state index contributed by atoms with van der Waals surface area (Å²) >= 11 is 0. The second kappa shape index (κ2) is 6.85. The molecular formula is C17H17FN2O6. The molecule has 1 aromatic carbocycles. The standard InChI is InChI=1S/C17H17FN2O6/c1-17(18)13(26-14(23)10-5-3-2-4-6-10)11(9-21)25-15(17)20-8-7-12(22)19-16(20)24/h2-8,11,13,15,21H,9H2,1H3,(H,19,22,24). The zero-order valence-electron chi connectivity index (χ0n) is 13.8. The van der Waals surface area contributed by atoms with Crippen LogP contribution < -0.4 is 11.2 Å². The number of esters is 1. The molecule has 1 aromatic heterocycles. The van der Waals surface area contributed by atoms with Gasteiger partial charge < -0.3 is 14.6 Å². The van der Waals surface area contributed by atoms with Gasteiger partial charge in [-0.2, -0.15) is 0 Å². The summed E-state index contributed by atoms with van der Waals surface area (Å²) in [6, 6.07) is 9.02. The van der Waals surface area contributed by atoms with Gasteiger partial charge in [0.05, 0.1) is 12.2 Å². The number of alkyl halides is 1. The lowest BCUT2D eigenvalue weighted by Crippen LogP contribution is -2.46. The van der Waals surface area contributed by atoms with E-state index >= 15 is 4.39 Å². The molecule has 1 saturated heterocycles. The Morgan fingerprint density at radius 1 is 1.35 bits per heavy atom. The van der Waals surface area contributed by atoms with Crippen LogP contribution in [0.5, 0.6) is 0 Å². The first-order chi connectivity index (χ1) is 12.3. The highest BCUT2D eigenvalue weighted by atomic mass is 19.1. The third-order valence-corrected chi connectivity index (χ3v) is 4.21. The number of aromatic nitrogens is 2. The quantitative estimate of drug-likeness (QED) is 0.759. The predicted octanol–water partition coefficient (Wildman–Crippen LogP) is 0.380. The monoisotopic (exact) mass is 364 g/mol. The molecule has 0 aliphatic carbocycles. The van der Waals surface area contributed by atoms with Crippen LogP contribution in [0.1, 0.15) is 23.5 Å². The normalized spacial score (nSPS) is 28.0. The lowest BCUT2D eigenvalue weighted by Gasteiger charge is -2.27. The highest BCUT2D eigenvalue weighted by molar-refractivity contribution is 5.89. The molecule has 0 bridgehead atoms. The maximum absolute atomic E-state index is 15.5. The summed E-state index contributed by atoms with van der Waals surface area (Å²) in [4.78, 5) is 37.4. The van der Waals surface area contributed by atoms with Crippen molar-refractivity contribution in [2.24, 2.45) is 0 Å². The first-order valence-electron chi connectivity index (χ1n) is 7.87. The smallest absolute Gasteiger partial charge is 0.338 e. The molecule has 0 amide bonds. The average molecular weight is 364 g/mol. The molecule has 2 N–H and O–H groups in total. The van der Waals surface area contributed by atoms with Gasteiger partial charge >= 0.3 is 11.7 Å². The van der Waals surface area contributed by atoms with Gasteiger partial charge in [-0.05, 0) is 19.1 Å². The molecule has 1 aliphatic rings.